The summed E-state index contributed by atoms with van der Waals surface area (Å²) in [6.07, 6.45) is -0.989. The van der Waals surface area contributed by atoms with Crippen LogP contribution in [0.15, 0.2) is 115 Å². The minimum absolute atomic E-state index is 0.0140. The molecule has 9 heteroatoms. The van der Waals surface area contributed by atoms with Gasteiger partial charge in [0.05, 0.1) is 25.4 Å². The van der Waals surface area contributed by atoms with Crippen LogP contribution in [-0.4, -0.2) is 54.9 Å². The molecule has 0 unspecified atom stereocenters. The normalized spacial score (nSPS) is 19.1. The topological polar surface area (TPSA) is 109 Å². The predicted octanol–water partition coefficient (Wildman–Crippen LogP) is 7.85. The van der Waals surface area contributed by atoms with E-state index >= 15 is 0 Å². The number of fused-ring (bicyclic) bond motifs is 1. The van der Waals surface area contributed by atoms with Crippen molar-refractivity contribution in [3.63, 3.8) is 0 Å². The van der Waals surface area contributed by atoms with E-state index in [-0.39, 0.29) is 43.9 Å². The van der Waals surface area contributed by atoms with Gasteiger partial charge in [0.25, 0.3) is 0 Å². The zero-order valence-electron chi connectivity index (χ0n) is 30.8. The van der Waals surface area contributed by atoms with Gasteiger partial charge in [0.2, 0.25) is 0 Å². The van der Waals surface area contributed by atoms with Crippen LogP contribution < -0.4 is 10.6 Å². The minimum atomic E-state index is -0.615. The smallest absolute Gasteiger partial charge is 0.325 e. The fourth-order valence-electron chi connectivity index (χ4n) is 6.83. The molecule has 1 aliphatic rings. The quantitative estimate of drug-likeness (QED) is 0.107. The molecule has 9 nitrogen and oxygen atoms in total. The Labute approximate surface area is 311 Å². The number of nitrogens with one attached hydrogen (secondary N) is 2. The predicted molar refractivity (Wildman–Crippen MR) is 207 cm³/mol. The van der Waals surface area contributed by atoms with Crippen LogP contribution in [0, 0.1) is 5.92 Å². The molecule has 0 radical (unpaired) electrons. The Bertz CT molecular complexity index is 2000. The molecule has 0 aliphatic carbocycles. The molecule has 276 valence electrons. The molecule has 53 heavy (non-hydrogen) atoms. The fraction of sp³-hybridized carbons (Fsp3) is 0.318. The van der Waals surface area contributed by atoms with Crippen LogP contribution in [0.2, 0.25) is 0 Å². The Kier molecular flexibility index (Phi) is 12.5. The highest BCUT2D eigenvalue weighted by Crippen LogP contribution is 2.43. The van der Waals surface area contributed by atoms with Gasteiger partial charge < -0.3 is 30.0 Å². The summed E-state index contributed by atoms with van der Waals surface area (Å²) >= 11 is 0. The average molecular weight is 716 g/mol. The maximum absolute atomic E-state index is 12.3. The van der Waals surface area contributed by atoms with Crippen molar-refractivity contribution in [2.24, 2.45) is 5.92 Å². The Balaban J connectivity index is 1.20. The largest absolute Gasteiger partial charge is 0.465 e. The highest BCUT2D eigenvalue weighted by molar-refractivity contribution is 5.83. The molecule has 0 bridgehead atoms. The minimum Gasteiger partial charge on any atom is -0.465 e. The van der Waals surface area contributed by atoms with Crippen LogP contribution in [0.4, 0.5) is 4.79 Å². The molecule has 6 rings (SSSR count). The maximum atomic E-state index is 12.3. The number of hydrogen-bond donors (Lipinski definition) is 3. The van der Waals surface area contributed by atoms with Gasteiger partial charge in [-0.1, -0.05) is 104 Å². The molecule has 2 amide bonds. The lowest BCUT2D eigenvalue weighted by atomic mass is 9.89. The van der Waals surface area contributed by atoms with Crippen LogP contribution in [0.3, 0.4) is 0 Å². The number of carbonyl (C=O) groups excluding carboxylic acids is 2. The molecule has 5 aromatic rings. The summed E-state index contributed by atoms with van der Waals surface area (Å²) in [5, 5.41) is 17.5. The number of esters is 1. The first kappa shape index (κ1) is 37.7. The standard InChI is InChI=1S/C44H49N3O6/c1-5-51-41(49)26-46-44(50)45-25-32-10-8-13-36(22-32)38-14-9-15-39(24-38)43-52-40(29(2)42(53-43)34-18-16-31(28-48)17-19-34)27-47(4)30(3)35-21-20-33-11-6-7-12-37(33)23-35/h6-24,29-30,40,42-43,48H,5,25-28H2,1-4H3,(H2,45,46,50)/t29-,30+,40+,42+,43+/m0/s1. The molecule has 0 aromatic heterocycles. The van der Waals surface area contributed by atoms with E-state index in [0.29, 0.717) is 13.1 Å². The molecule has 0 spiro atoms. The van der Waals surface area contributed by atoms with Gasteiger partial charge in [-0.05, 0) is 83.2 Å². The van der Waals surface area contributed by atoms with Gasteiger partial charge in [-0.2, -0.15) is 0 Å². The molecule has 5 aromatic carbocycles. The van der Waals surface area contributed by atoms with Gasteiger partial charge in [-0.3, -0.25) is 9.69 Å². The summed E-state index contributed by atoms with van der Waals surface area (Å²) in [6.45, 7) is 7.19. The summed E-state index contributed by atoms with van der Waals surface area (Å²) in [5.41, 5.74) is 6.94. The van der Waals surface area contributed by atoms with Crippen LogP contribution in [0.25, 0.3) is 21.9 Å². The Morgan fingerprint density at radius 1 is 0.811 bits per heavy atom. The van der Waals surface area contributed by atoms with E-state index in [1.54, 1.807) is 6.92 Å². The van der Waals surface area contributed by atoms with E-state index in [0.717, 1.165) is 33.4 Å². The van der Waals surface area contributed by atoms with Gasteiger partial charge in [0.15, 0.2) is 6.29 Å². The number of amides is 2. The third-order valence-corrected chi connectivity index (χ3v) is 10.1. The SMILES string of the molecule is CCOC(=O)CNC(=O)NCc1cccc(-c2cccc([C@@H]3O[C@H](CN(C)[C@H](C)c4ccc5ccccc5c4)[C@H](C)[C@H](c4ccc(CO)cc4)O3)c2)c1. The Morgan fingerprint density at radius 3 is 2.30 bits per heavy atom. The number of rotatable bonds is 13. The van der Waals surface area contributed by atoms with Crippen LogP contribution in [-0.2, 0) is 32.2 Å². The maximum Gasteiger partial charge on any atom is 0.325 e. The van der Waals surface area contributed by atoms with E-state index in [4.69, 9.17) is 14.2 Å². The van der Waals surface area contributed by atoms with Crippen molar-refractivity contribution in [2.75, 3.05) is 26.7 Å². The number of hydrogen-bond acceptors (Lipinski definition) is 7. The van der Waals surface area contributed by atoms with Crippen molar-refractivity contribution in [2.45, 2.75) is 58.5 Å². The fourth-order valence-corrected chi connectivity index (χ4v) is 6.83. The first-order chi connectivity index (χ1) is 25.7. The zero-order chi connectivity index (χ0) is 37.3. The lowest BCUT2D eigenvalue weighted by Gasteiger charge is -2.43. The summed E-state index contributed by atoms with van der Waals surface area (Å²) < 4.78 is 18.5. The van der Waals surface area contributed by atoms with E-state index < -0.39 is 18.3 Å². The third kappa shape index (κ3) is 9.49. The van der Waals surface area contributed by atoms with Gasteiger partial charge in [-0.25, -0.2) is 4.79 Å². The van der Waals surface area contributed by atoms with Crippen molar-refractivity contribution >= 4 is 22.8 Å². The third-order valence-electron chi connectivity index (χ3n) is 10.1. The van der Waals surface area contributed by atoms with E-state index in [9.17, 15) is 14.7 Å². The van der Waals surface area contributed by atoms with Gasteiger partial charge in [0.1, 0.15) is 6.54 Å². The molecule has 5 atom stereocenters. The molecule has 1 saturated heterocycles. The van der Waals surface area contributed by atoms with Crippen molar-refractivity contribution in [3.8, 4) is 11.1 Å². The van der Waals surface area contributed by atoms with Crippen molar-refractivity contribution in [3.05, 3.63) is 143 Å². The summed E-state index contributed by atoms with van der Waals surface area (Å²) in [4.78, 5) is 26.2. The Hall–Kier alpha value is -5.06. The van der Waals surface area contributed by atoms with Crippen molar-refractivity contribution in [1.29, 1.82) is 0 Å². The highest BCUT2D eigenvalue weighted by Gasteiger charge is 2.39. The van der Waals surface area contributed by atoms with Gasteiger partial charge >= 0.3 is 12.0 Å². The van der Waals surface area contributed by atoms with Crippen LogP contribution in [0.5, 0.6) is 0 Å². The second kappa shape index (κ2) is 17.6. The molecular weight excluding hydrogens is 666 g/mol. The average Bonchev–Trinajstić information content (AvgIpc) is 3.19. The van der Waals surface area contributed by atoms with E-state index in [1.807, 2.05) is 60.7 Å². The number of urea groups is 1. The highest BCUT2D eigenvalue weighted by atomic mass is 16.7. The van der Waals surface area contributed by atoms with Gasteiger partial charge in [-0.15, -0.1) is 0 Å². The number of likely N-dealkylation sites (N-methyl/N-ethyl adjacent to an activating group) is 1. The molecule has 1 aliphatic heterocycles. The molecule has 3 N–H and O–H groups in total. The lowest BCUT2D eigenvalue weighted by Crippen LogP contribution is -2.44. The number of carbonyl (C=O) groups is 2. The van der Waals surface area contributed by atoms with Crippen molar-refractivity contribution in [1.82, 2.24) is 15.5 Å². The van der Waals surface area contributed by atoms with Crippen molar-refractivity contribution < 1.29 is 28.9 Å². The number of aliphatic hydroxyl groups excluding tert-OH is 1. The summed E-state index contributed by atoms with van der Waals surface area (Å²) in [5.74, 6) is -0.441. The van der Waals surface area contributed by atoms with E-state index in [2.05, 4.69) is 91.0 Å². The number of aliphatic hydroxyl groups is 1. The lowest BCUT2D eigenvalue weighted by molar-refractivity contribution is -0.276. The molecule has 0 saturated carbocycles. The monoisotopic (exact) mass is 715 g/mol. The first-order valence-electron chi connectivity index (χ1n) is 18.3. The molecule has 1 fully saturated rings. The summed E-state index contributed by atoms with van der Waals surface area (Å²) in [6, 6.07) is 39.0. The number of benzene rings is 5. The molecular formula is C44H49N3O6. The van der Waals surface area contributed by atoms with Gasteiger partial charge in [0, 0.05) is 30.6 Å². The second-order valence-corrected chi connectivity index (χ2v) is 13.7. The first-order valence-corrected chi connectivity index (χ1v) is 18.3. The second-order valence-electron chi connectivity index (χ2n) is 13.7. The summed E-state index contributed by atoms with van der Waals surface area (Å²) in [7, 11) is 2.15. The Morgan fingerprint density at radius 2 is 1.55 bits per heavy atom. The van der Waals surface area contributed by atoms with E-state index in [1.165, 1.54) is 16.3 Å². The molecule has 1 heterocycles. The zero-order valence-corrected chi connectivity index (χ0v) is 30.8. The van der Waals surface area contributed by atoms with Crippen LogP contribution >= 0.6 is 0 Å². The number of ether oxygens (including phenoxy) is 3. The number of nitrogens with zero attached hydrogens (tertiary/aromatic N) is 1. The van der Waals surface area contributed by atoms with Crippen LogP contribution in [0.1, 0.15) is 67.0 Å².